The molecule has 5 heteroatoms. The zero-order chi connectivity index (χ0) is 21.0. The number of anilines is 2. The summed E-state index contributed by atoms with van der Waals surface area (Å²) in [5.41, 5.74) is 4.57. The van der Waals surface area contributed by atoms with Gasteiger partial charge in [0.1, 0.15) is 0 Å². The molecule has 0 aliphatic carbocycles. The van der Waals surface area contributed by atoms with Crippen LogP contribution in [-0.4, -0.2) is 22.5 Å². The fourth-order valence-corrected chi connectivity index (χ4v) is 4.29. The molecule has 0 aliphatic heterocycles. The number of nitrogens with zero attached hydrogens (tertiary/aromatic N) is 1. The van der Waals surface area contributed by atoms with Crippen molar-refractivity contribution in [2.24, 2.45) is 0 Å². The number of benzene rings is 3. The minimum Gasteiger partial charge on any atom is -0.378 e. The van der Waals surface area contributed by atoms with Crippen molar-refractivity contribution >= 4 is 21.4 Å². The molecule has 0 bridgehead atoms. The topological polar surface area (TPSA) is 49.4 Å². The lowest BCUT2D eigenvalue weighted by Gasteiger charge is -2.20. The number of para-hydroxylation sites is 1. The van der Waals surface area contributed by atoms with Crippen LogP contribution in [0.2, 0.25) is 0 Å². The van der Waals surface area contributed by atoms with Gasteiger partial charge in [-0.25, -0.2) is 8.42 Å². The molecular weight excluding hydrogens is 380 g/mol. The molecule has 0 saturated carbocycles. The summed E-state index contributed by atoms with van der Waals surface area (Å²) in [4.78, 5) is 2.28. The van der Waals surface area contributed by atoms with Crippen molar-refractivity contribution in [3.05, 3.63) is 102 Å². The van der Waals surface area contributed by atoms with Gasteiger partial charge in [0, 0.05) is 25.7 Å². The third-order valence-corrected chi connectivity index (χ3v) is 6.26. The second-order valence-electron chi connectivity index (χ2n) is 7.21. The lowest BCUT2D eigenvalue weighted by atomic mass is 9.90. The van der Waals surface area contributed by atoms with Gasteiger partial charge in [0.15, 0.2) is 0 Å². The Hall–Kier alpha value is -3.05. The highest BCUT2D eigenvalue weighted by atomic mass is 32.2. The van der Waals surface area contributed by atoms with Gasteiger partial charge in [0.25, 0.3) is 10.0 Å². The van der Waals surface area contributed by atoms with Crippen molar-refractivity contribution in [3.63, 3.8) is 0 Å². The fraction of sp³-hybridized carbons (Fsp3) is 0.167. The van der Waals surface area contributed by atoms with Gasteiger partial charge in [-0.1, -0.05) is 54.1 Å². The van der Waals surface area contributed by atoms with E-state index in [-0.39, 0.29) is 10.8 Å². The van der Waals surface area contributed by atoms with Crippen molar-refractivity contribution in [2.75, 3.05) is 23.7 Å². The molecule has 0 spiro atoms. The van der Waals surface area contributed by atoms with Crippen LogP contribution in [0.5, 0.6) is 0 Å². The van der Waals surface area contributed by atoms with Crippen molar-refractivity contribution in [1.82, 2.24) is 0 Å². The molecule has 0 aliphatic rings. The summed E-state index contributed by atoms with van der Waals surface area (Å²) >= 11 is 0. The van der Waals surface area contributed by atoms with Crippen LogP contribution in [0, 0.1) is 6.92 Å². The molecular formula is C24H26N2O2S. The molecule has 1 atom stereocenters. The van der Waals surface area contributed by atoms with Crippen LogP contribution in [0.25, 0.3) is 0 Å². The molecule has 3 aromatic rings. The highest BCUT2D eigenvalue weighted by Crippen LogP contribution is 2.33. The van der Waals surface area contributed by atoms with E-state index in [0.717, 1.165) is 22.4 Å². The Bertz CT molecular complexity index is 1090. The molecule has 0 unspecified atom stereocenters. The molecule has 3 rings (SSSR count). The summed E-state index contributed by atoms with van der Waals surface area (Å²) < 4.78 is 28.5. The number of aryl methyl sites for hydroxylation is 1. The van der Waals surface area contributed by atoms with E-state index in [1.54, 1.807) is 30.3 Å². The van der Waals surface area contributed by atoms with Crippen LogP contribution in [0.4, 0.5) is 11.4 Å². The predicted molar refractivity (Wildman–Crippen MR) is 121 cm³/mol. The monoisotopic (exact) mass is 406 g/mol. The number of sulfonamides is 1. The Morgan fingerprint density at radius 3 is 2.14 bits per heavy atom. The number of hydrogen-bond acceptors (Lipinski definition) is 3. The maximum absolute atomic E-state index is 12.9. The SMILES string of the molecule is C=C[C@@H](c1ccc(N(C)C)cc1)c1ccccc1NS(=O)(=O)c1ccc(C)cc1. The minimum atomic E-state index is -3.69. The van der Waals surface area contributed by atoms with E-state index in [9.17, 15) is 8.42 Å². The molecule has 0 radical (unpaired) electrons. The van der Waals surface area contributed by atoms with Gasteiger partial charge in [-0.2, -0.15) is 0 Å². The average Bonchev–Trinajstić information content (AvgIpc) is 2.70. The van der Waals surface area contributed by atoms with Crippen LogP contribution in [0.1, 0.15) is 22.6 Å². The summed E-state index contributed by atoms with van der Waals surface area (Å²) in [6, 6.07) is 22.4. The Morgan fingerprint density at radius 2 is 1.55 bits per heavy atom. The highest BCUT2D eigenvalue weighted by Gasteiger charge is 2.19. The maximum Gasteiger partial charge on any atom is 0.261 e. The van der Waals surface area contributed by atoms with Gasteiger partial charge >= 0.3 is 0 Å². The molecule has 0 fully saturated rings. The van der Waals surface area contributed by atoms with Crippen LogP contribution >= 0.6 is 0 Å². The summed E-state index contributed by atoms with van der Waals surface area (Å²) in [7, 11) is 0.305. The first-order valence-corrected chi connectivity index (χ1v) is 10.9. The van der Waals surface area contributed by atoms with E-state index in [4.69, 9.17) is 0 Å². The lowest BCUT2D eigenvalue weighted by Crippen LogP contribution is -2.15. The molecule has 150 valence electrons. The second-order valence-corrected chi connectivity index (χ2v) is 8.89. The van der Waals surface area contributed by atoms with Gasteiger partial charge in [0.2, 0.25) is 0 Å². The van der Waals surface area contributed by atoms with E-state index in [2.05, 4.69) is 11.3 Å². The van der Waals surface area contributed by atoms with Crippen LogP contribution < -0.4 is 9.62 Å². The molecule has 3 aromatic carbocycles. The second kappa shape index (κ2) is 8.53. The molecule has 4 nitrogen and oxygen atoms in total. The molecule has 0 amide bonds. The fourth-order valence-electron chi connectivity index (χ4n) is 3.20. The van der Waals surface area contributed by atoms with Gasteiger partial charge in [-0.3, -0.25) is 4.72 Å². The lowest BCUT2D eigenvalue weighted by molar-refractivity contribution is 0.601. The van der Waals surface area contributed by atoms with Crippen molar-refractivity contribution < 1.29 is 8.42 Å². The standard InChI is InChI=1S/C24H26N2O2S/c1-5-22(19-12-14-20(15-13-19)26(3)4)23-8-6-7-9-24(23)25-29(27,28)21-16-10-18(2)11-17-21/h5-17,22,25H,1H2,2-4H3/t22-/m0/s1. The van der Waals surface area contributed by atoms with Crippen LogP contribution in [-0.2, 0) is 10.0 Å². The summed E-state index contributed by atoms with van der Waals surface area (Å²) in [5, 5.41) is 0. The number of allylic oxidation sites excluding steroid dienone is 1. The first kappa shape index (κ1) is 20.7. The number of nitrogens with one attached hydrogen (secondary N) is 1. The molecule has 0 aromatic heterocycles. The maximum atomic E-state index is 12.9. The highest BCUT2D eigenvalue weighted by molar-refractivity contribution is 7.92. The van der Waals surface area contributed by atoms with E-state index in [1.165, 1.54) is 0 Å². The largest absolute Gasteiger partial charge is 0.378 e. The first-order chi connectivity index (χ1) is 13.8. The quantitative estimate of drug-likeness (QED) is 0.550. The minimum absolute atomic E-state index is 0.136. The van der Waals surface area contributed by atoms with E-state index in [1.807, 2.05) is 74.5 Å². The van der Waals surface area contributed by atoms with E-state index < -0.39 is 10.0 Å². The van der Waals surface area contributed by atoms with Crippen LogP contribution in [0.3, 0.4) is 0 Å². The van der Waals surface area contributed by atoms with Crippen molar-refractivity contribution in [3.8, 4) is 0 Å². The third-order valence-electron chi connectivity index (χ3n) is 4.88. The Labute approximate surface area is 173 Å². The van der Waals surface area contributed by atoms with Gasteiger partial charge < -0.3 is 4.90 Å². The van der Waals surface area contributed by atoms with E-state index in [0.29, 0.717) is 5.69 Å². The van der Waals surface area contributed by atoms with Gasteiger partial charge in [0.05, 0.1) is 10.6 Å². The zero-order valence-corrected chi connectivity index (χ0v) is 17.8. The third kappa shape index (κ3) is 4.69. The first-order valence-electron chi connectivity index (χ1n) is 9.40. The number of rotatable bonds is 7. The summed E-state index contributed by atoms with van der Waals surface area (Å²) in [5.74, 6) is -0.136. The molecule has 29 heavy (non-hydrogen) atoms. The zero-order valence-electron chi connectivity index (χ0n) is 17.0. The Kier molecular flexibility index (Phi) is 6.09. The molecule has 0 heterocycles. The molecule has 1 N–H and O–H groups in total. The van der Waals surface area contributed by atoms with Crippen molar-refractivity contribution in [2.45, 2.75) is 17.7 Å². The van der Waals surface area contributed by atoms with Crippen molar-refractivity contribution in [1.29, 1.82) is 0 Å². The Balaban J connectivity index is 1.97. The number of hydrogen-bond donors (Lipinski definition) is 1. The predicted octanol–water partition coefficient (Wildman–Crippen LogP) is 5.18. The van der Waals surface area contributed by atoms with Crippen LogP contribution in [0.15, 0.2) is 90.3 Å². The summed E-state index contributed by atoms with van der Waals surface area (Å²) in [6.45, 7) is 5.92. The Morgan fingerprint density at radius 1 is 0.931 bits per heavy atom. The normalized spacial score (nSPS) is 12.2. The van der Waals surface area contributed by atoms with Gasteiger partial charge in [-0.15, -0.1) is 6.58 Å². The van der Waals surface area contributed by atoms with Gasteiger partial charge in [-0.05, 0) is 48.4 Å². The van der Waals surface area contributed by atoms with E-state index >= 15 is 0 Å². The smallest absolute Gasteiger partial charge is 0.261 e. The average molecular weight is 407 g/mol. The summed E-state index contributed by atoms with van der Waals surface area (Å²) in [6.07, 6.45) is 1.84. The molecule has 0 saturated heterocycles.